The van der Waals surface area contributed by atoms with Gasteiger partial charge >= 0.3 is 5.97 Å². The number of nitrogens with one attached hydrogen (secondary N) is 1. The van der Waals surface area contributed by atoms with Gasteiger partial charge in [0, 0.05) is 12.5 Å². The summed E-state index contributed by atoms with van der Waals surface area (Å²) in [5, 5.41) is 3.21. The standard InChI is InChI=1S/C9H15NO4/c1-12-8(11)9(7-4-14-5-7)6-13-3-2-10-9/h7,10H,2-6H2,1H3. The van der Waals surface area contributed by atoms with Crippen molar-refractivity contribution in [3.63, 3.8) is 0 Å². The second-order valence-corrected chi connectivity index (χ2v) is 3.68. The number of hydrogen-bond acceptors (Lipinski definition) is 5. The predicted molar refractivity (Wildman–Crippen MR) is 47.9 cm³/mol. The van der Waals surface area contributed by atoms with E-state index < -0.39 is 5.54 Å². The number of morpholine rings is 1. The van der Waals surface area contributed by atoms with E-state index in [1.165, 1.54) is 7.11 Å². The van der Waals surface area contributed by atoms with Gasteiger partial charge in [0.2, 0.25) is 0 Å². The molecule has 14 heavy (non-hydrogen) atoms. The highest BCUT2D eigenvalue weighted by Gasteiger charge is 2.51. The first-order valence-corrected chi connectivity index (χ1v) is 4.78. The molecule has 0 spiro atoms. The molecule has 1 unspecified atom stereocenters. The lowest BCUT2D eigenvalue weighted by molar-refractivity contribution is -0.173. The maximum atomic E-state index is 11.7. The third kappa shape index (κ3) is 1.41. The fourth-order valence-electron chi connectivity index (χ4n) is 1.89. The van der Waals surface area contributed by atoms with Crippen LogP contribution in [0.4, 0.5) is 0 Å². The lowest BCUT2D eigenvalue weighted by atomic mass is 9.82. The fourth-order valence-corrected chi connectivity index (χ4v) is 1.89. The minimum Gasteiger partial charge on any atom is -0.468 e. The van der Waals surface area contributed by atoms with Crippen LogP contribution in [-0.4, -0.2) is 51.6 Å². The van der Waals surface area contributed by atoms with Gasteiger partial charge in [-0.25, -0.2) is 4.79 Å². The monoisotopic (exact) mass is 201 g/mol. The van der Waals surface area contributed by atoms with Crippen molar-refractivity contribution in [1.29, 1.82) is 0 Å². The van der Waals surface area contributed by atoms with Gasteiger partial charge in [-0.1, -0.05) is 0 Å². The van der Waals surface area contributed by atoms with Gasteiger partial charge < -0.3 is 14.2 Å². The van der Waals surface area contributed by atoms with Crippen LogP contribution in [0.5, 0.6) is 0 Å². The highest BCUT2D eigenvalue weighted by atomic mass is 16.5. The van der Waals surface area contributed by atoms with Crippen molar-refractivity contribution in [2.24, 2.45) is 5.92 Å². The van der Waals surface area contributed by atoms with E-state index >= 15 is 0 Å². The van der Waals surface area contributed by atoms with Gasteiger partial charge in [0.05, 0.1) is 33.5 Å². The number of rotatable bonds is 2. The molecule has 2 fully saturated rings. The Morgan fingerprint density at radius 2 is 2.29 bits per heavy atom. The summed E-state index contributed by atoms with van der Waals surface area (Å²) in [7, 11) is 1.40. The molecule has 2 aliphatic heterocycles. The first-order valence-electron chi connectivity index (χ1n) is 4.78. The van der Waals surface area contributed by atoms with E-state index in [9.17, 15) is 4.79 Å². The Bertz CT molecular complexity index is 221. The van der Waals surface area contributed by atoms with Gasteiger partial charge in [0.25, 0.3) is 0 Å². The van der Waals surface area contributed by atoms with Gasteiger partial charge in [-0.15, -0.1) is 0 Å². The summed E-state index contributed by atoms with van der Waals surface area (Å²) < 4.78 is 15.3. The van der Waals surface area contributed by atoms with Crippen LogP contribution in [0.3, 0.4) is 0 Å². The Labute approximate surface area is 82.7 Å². The van der Waals surface area contributed by atoms with Crippen molar-refractivity contribution >= 4 is 5.97 Å². The summed E-state index contributed by atoms with van der Waals surface area (Å²) in [6, 6.07) is 0. The van der Waals surface area contributed by atoms with E-state index in [2.05, 4.69) is 5.32 Å². The molecular formula is C9H15NO4. The van der Waals surface area contributed by atoms with E-state index in [0.717, 1.165) is 0 Å². The van der Waals surface area contributed by atoms with E-state index in [1.807, 2.05) is 0 Å². The van der Waals surface area contributed by atoms with Gasteiger partial charge in [0.1, 0.15) is 5.54 Å². The molecule has 2 saturated heterocycles. The van der Waals surface area contributed by atoms with Gasteiger partial charge in [0.15, 0.2) is 0 Å². The Hall–Kier alpha value is -0.650. The molecule has 1 atom stereocenters. The molecule has 2 aliphatic rings. The summed E-state index contributed by atoms with van der Waals surface area (Å²) >= 11 is 0. The molecule has 0 bridgehead atoms. The molecule has 5 nitrogen and oxygen atoms in total. The third-order valence-corrected chi connectivity index (χ3v) is 2.90. The van der Waals surface area contributed by atoms with Gasteiger partial charge in [-0.2, -0.15) is 0 Å². The van der Waals surface area contributed by atoms with E-state index in [-0.39, 0.29) is 11.9 Å². The minimum atomic E-state index is -0.675. The van der Waals surface area contributed by atoms with Gasteiger partial charge in [-0.3, -0.25) is 5.32 Å². The first-order chi connectivity index (χ1) is 6.79. The molecule has 5 heteroatoms. The van der Waals surface area contributed by atoms with E-state index in [1.54, 1.807) is 0 Å². The zero-order valence-corrected chi connectivity index (χ0v) is 8.25. The van der Waals surface area contributed by atoms with Crippen molar-refractivity contribution in [3.05, 3.63) is 0 Å². The predicted octanol–water partition coefficient (Wildman–Crippen LogP) is -0.836. The van der Waals surface area contributed by atoms with Crippen molar-refractivity contribution < 1.29 is 19.0 Å². The zero-order valence-electron chi connectivity index (χ0n) is 8.25. The Morgan fingerprint density at radius 1 is 1.50 bits per heavy atom. The van der Waals surface area contributed by atoms with E-state index in [0.29, 0.717) is 33.0 Å². The van der Waals surface area contributed by atoms with Crippen LogP contribution in [0.2, 0.25) is 0 Å². The molecule has 80 valence electrons. The van der Waals surface area contributed by atoms with Crippen molar-refractivity contribution in [2.75, 3.05) is 40.1 Å². The SMILES string of the molecule is COC(=O)C1(C2COC2)COCCN1. The summed E-state index contributed by atoms with van der Waals surface area (Å²) in [6.45, 7) is 2.92. The quantitative estimate of drug-likeness (QED) is 0.591. The summed E-state index contributed by atoms with van der Waals surface area (Å²) in [5.74, 6) is -0.0687. The number of carbonyl (C=O) groups excluding carboxylic acids is 1. The molecule has 0 amide bonds. The molecule has 0 aromatic carbocycles. The lowest BCUT2D eigenvalue weighted by Gasteiger charge is -2.44. The largest absolute Gasteiger partial charge is 0.468 e. The van der Waals surface area contributed by atoms with Crippen LogP contribution in [0.25, 0.3) is 0 Å². The second-order valence-electron chi connectivity index (χ2n) is 3.68. The molecule has 0 aromatic heterocycles. The molecule has 2 rings (SSSR count). The van der Waals surface area contributed by atoms with Crippen LogP contribution >= 0.6 is 0 Å². The van der Waals surface area contributed by atoms with Crippen molar-refractivity contribution in [2.45, 2.75) is 5.54 Å². The summed E-state index contributed by atoms with van der Waals surface area (Å²) in [5.41, 5.74) is -0.675. The Morgan fingerprint density at radius 3 is 2.71 bits per heavy atom. The third-order valence-electron chi connectivity index (χ3n) is 2.90. The molecule has 0 saturated carbocycles. The van der Waals surface area contributed by atoms with Crippen LogP contribution in [-0.2, 0) is 19.0 Å². The highest BCUT2D eigenvalue weighted by Crippen LogP contribution is 2.28. The molecule has 0 radical (unpaired) electrons. The number of methoxy groups -OCH3 is 1. The lowest BCUT2D eigenvalue weighted by Crippen LogP contribution is -2.68. The average Bonchev–Trinajstić information content (AvgIpc) is 2.15. The fraction of sp³-hybridized carbons (Fsp3) is 0.889. The van der Waals surface area contributed by atoms with Crippen LogP contribution < -0.4 is 5.32 Å². The maximum absolute atomic E-state index is 11.7. The van der Waals surface area contributed by atoms with Crippen molar-refractivity contribution in [1.82, 2.24) is 5.32 Å². The number of hydrogen-bond donors (Lipinski definition) is 1. The average molecular weight is 201 g/mol. The summed E-state index contributed by atoms with van der Waals surface area (Å²) in [4.78, 5) is 11.7. The molecule has 0 aromatic rings. The van der Waals surface area contributed by atoms with E-state index in [4.69, 9.17) is 14.2 Å². The number of carbonyl (C=O) groups is 1. The second kappa shape index (κ2) is 3.84. The number of ether oxygens (including phenoxy) is 3. The normalized spacial score (nSPS) is 33.5. The smallest absolute Gasteiger partial charge is 0.328 e. The topological polar surface area (TPSA) is 56.8 Å². The minimum absolute atomic E-state index is 0.176. The molecule has 0 aliphatic carbocycles. The molecule has 1 N–H and O–H groups in total. The van der Waals surface area contributed by atoms with Crippen molar-refractivity contribution in [3.8, 4) is 0 Å². The molecule has 2 heterocycles. The Balaban J connectivity index is 2.13. The molecular weight excluding hydrogens is 186 g/mol. The zero-order chi connectivity index (χ0) is 10.0. The van der Waals surface area contributed by atoms with Gasteiger partial charge in [-0.05, 0) is 0 Å². The highest BCUT2D eigenvalue weighted by molar-refractivity contribution is 5.81. The first kappa shape index (κ1) is 9.89. The maximum Gasteiger partial charge on any atom is 0.328 e. The number of esters is 1. The van der Waals surface area contributed by atoms with Crippen LogP contribution in [0, 0.1) is 5.92 Å². The summed E-state index contributed by atoms with van der Waals surface area (Å²) in [6.07, 6.45) is 0. The van der Waals surface area contributed by atoms with Crippen LogP contribution in [0.1, 0.15) is 0 Å². The Kier molecular flexibility index (Phi) is 2.71. The van der Waals surface area contributed by atoms with Crippen LogP contribution in [0.15, 0.2) is 0 Å².